The van der Waals surface area contributed by atoms with Gasteiger partial charge in [0.25, 0.3) is 0 Å². The topological polar surface area (TPSA) is 124 Å². The van der Waals surface area contributed by atoms with Crippen molar-refractivity contribution in [3.05, 3.63) is 42.0 Å². The molecule has 1 aliphatic heterocycles. The third-order valence-corrected chi connectivity index (χ3v) is 6.14. The average molecular weight is 427 g/mol. The lowest BCUT2D eigenvalue weighted by molar-refractivity contribution is -0.0583. The number of fused-ring (bicyclic) bond motifs is 2. The first kappa shape index (κ1) is 20.1. The highest BCUT2D eigenvalue weighted by atomic mass is 16.6. The van der Waals surface area contributed by atoms with Crippen molar-refractivity contribution in [3.8, 4) is 5.75 Å². The SMILES string of the molecule is COc1ccc2c(c1)CCC2Nc1ncnc2c1ncn2[C@@H]1O[C@H](CO)[C@@H](O)[C@H]1OC. The number of aryl methyl sites for hydroxylation is 1. The Bertz CT molecular complexity index is 1090. The Morgan fingerprint density at radius 2 is 2.13 bits per heavy atom. The molecule has 5 rings (SSSR count). The van der Waals surface area contributed by atoms with Gasteiger partial charge in [0.05, 0.1) is 26.1 Å². The highest BCUT2D eigenvalue weighted by Gasteiger charge is 2.45. The summed E-state index contributed by atoms with van der Waals surface area (Å²) in [5, 5.41) is 23.4. The molecule has 0 saturated carbocycles. The minimum Gasteiger partial charge on any atom is -0.497 e. The van der Waals surface area contributed by atoms with E-state index >= 15 is 0 Å². The third kappa shape index (κ3) is 3.32. The standard InChI is InChI=1S/C21H25N5O5/c1-29-12-4-5-13-11(7-12)3-6-14(13)25-19-16-20(23-9-22-19)26(10-24-16)21-18(30-2)17(28)15(8-27)31-21/h4-5,7,9-10,14-15,17-18,21,27-28H,3,6,8H2,1-2H3,(H,22,23,25)/t14?,15-,17-,18-,21-/m1/s1. The number of ether oxygens (including phenoxy) is 3. The molecule has 2 aromatic heterocycles. The lowest BCUT2D eigenvalue weighted by Crippen LogP contribution is -2.34. The monoisotopic (exact) mass is 427 g/mol. The second-order valence-electron chi connectivity index (χ2n) is 7.79. The Kier molecular flexibility index (Phi) is 5.22. The number of anilines is 1. The summed E-state index contributed by atoms with van der Waals surface area (Å²) in [7, 11) is 3.17. The molecule has 1 unspecified atom stereocenters. The maximum absolute atomic E-state index is 10.4. The van der Waals surface area contributed by atoms with E-state index in [0.29, 0.717) is 17.0 Å². The summed E-state index contributed by atoms with van der Waals surface area (Å²) in [5.41, 5.74) is 3.65. The summed E-state index contributed by atoms with van der Waals surface area (Å²) in [6, 6.07) is 6.24. The van der Waals surface area contributed by atoms with E-state index in [-0.39, 0.29) is 12.6 Å². The molecule has 10 nitrogen and oxygen atoms in total. The summed E-state index contributed by atoms with van der Waals surface area (Å²) in [6.45, 7) is -0.308. The van der Waals surface area contributed by atoms with Crippen LogP contribution >= 0.6 is 0 Å². The predicted octanol–water partition coefficient (Wildman–Crippen LogP) is 1.20. The highest BCUT2D eigenvalue weighted by Crippen LogP contribution is 2.37. The molecule has 2 aliphatic rings. The number of methoxy groups -OCH3 is 2. The number of nitrogens with one attached hydrogen (secondary N) is 1. The fraction of sp³-hybridized carbons (Fsp3) is 0.476. The smallest absolute Gasteiger partial charge is 0.167 e. The second-order valence-corrected chi connectivity index (χ2v) is 7.79. The van der Waals surface area contributed by atoms with Crippen LogP contribution in [0.1, 0.15) is 29.8 Å². The number of hydrogen-bond donors (Lipinski definition) is 3. The molecule has 5 atom stereocenters. The Hall–Kier alpha value is -2.79. The van der Waals surface area contributed by atoms with Gasteiger partial charge in [-0.25, -0.2) is 15.0 Å². The summed E-state index contributed by atoms with van der Waals surface area (Å²) in [6.07, 6.45) is 1.96. The van der Waals surface area contributed by atoms with E-state index in [2.05, 4.69) is 32.4 Å². The zero-order chi connectivity index (χ0) is 21.5. The van der Waals surface area contributed by atoms with Gasteiger partial charge in [-0.3, -0.25) is 4.57 Å². The number of aliphatic hydroxyl groups is 2. The molecule has 3 N–H and O–H groups in total. The van der Waals surface area contributed by atoms with Crippen LogP contribution in [0.4, 0.5) is 5.82 Å². The zero-order valence-corrected chi connectivity index (χ0v) is 17.3. The van der Waals surface area contributed by atoms with Crippen molar-refractivity contribution in [3.63, 3.8) is 0 Å². The Morgan fingerprint density at radius 1 is 1.26 bits per heavy atom. The molecule has 1 aliphatic carbocycles. The minimum atomic E-state index is -0.955. The fourth-order valence-electron chi connectivity index (χ4n) is 4.53. The zero-order valence-electron chi connectivity index (χ0n) is 17.3. The molecule has 1 saturated heterocycles. The molecule has 1 aromatic carbocycles. The van der Waals surface area contributed by atoms with E-state index in [4.69, 9.17) is 14.2 Å². The van der Waals surface area contributed by atoms with E-state index in [1.165, 1.54) is 24.6 Å². The highest BCUT2D eigenvalue weighted by molar-refractivity contribution is 5.83. The van der Waals surface area contributed by atoms with Gasteiger partial charge in [-0.05, 0) is 36.1 Å². The molecule has 3 heterocycles. The van der Waals surface area contributed by atoms with Crippen molar-refractivity contribution in [1.82, 2.24) is 19.5 Å². The van der Waals surface area contributed by atoms with Crippen molar-refractivity contribution in [1.29, 1.82) is 0 Å². The van der Waals surface area contributed by atoms with Gasteiger partial charge in [-0.15, -0.1) is 0 Å². The van der Waals surface area contributed by atoms with Crippen LogP contribution < -0.4 is 10.1 Å². The molecule has 0 amide bonds. The number of nitrogens with zero attached hydrogens (tertiary/aromatic N) is 4. The molecule has 164 valence electrons. The van der Waals surface area contributed by atoms with Crippen molar-refractivity contribution < 1.29 is 24.4 Å². The lowest BCUT2D eigenvalue weighted by Gasteiger charge is -2.20. The first-order chi connectivity index (χ1) is 15.1. The summed E-state index contributed by atoms with van der Waals surface area (Å²) in [4.78, 5) is 13.3. The molecule has 0 spiro atoms. The van der Waals surface area contributed by atoms with E-state index < -0.39 is 24.5 Å². The Balaban J connectivity index is 1.45. The average Bonchev–Trinajstić information content (AvgIpc) is 3.48. The first-order valence-corrected chi connectivity index (χ1v) is 10.2. The fourth-order valence-corrected chi connectivity index (χ4v) is 4.53. The third-order valence-electron chi connectivity index (χ3n) is 6.14. The van der Waals surface area contributed by atoms with Crippen LogP contribution in [0.5, 0.6) is 5.75 Å². The molecule has 31 heavy (non-hydrogen) atoms. The van der Waals surface area contributed by atoms with Crippen molar-refractivity contribution in [2.24, 2.45) is 0 Å². The molecule has 0 bridgehead atoms. The molecule has 1 fully saturated rings. The van der Waals surface area contributed by atoms with Gasteiger partial charge in [-0.1, -0.05) is 6.07 Å². The molecule has 0 radical (unpaired) electrons. The number of aliphatic hydroxyl groups excluding tert-OH is 2. The normalized spacial score (nSPS) is 27.5. The van der Waals surface area contributed by atoms with Gasteiger partial charge >= 0.3 is 0 Å². The van der Waals surface area contributed by atoms with E-state index in [1.54, 1.807) is 18.0 Å². The van der Waals surface area contributed by atoms with E-state index in [9.17, 15) is 10.2 Å². The quantitative estimate of drug-likeness (QED) is 0.532. The number of imidazole rings is 1. The van der Waals surface area contributed by atoms with E-state index in [0.717, 1.165) is 18.6 Å². The Labute approximate surface area is 178 Å². The van der Waals surface area contributed by atoms with E-state index in [1.807, 2.05) is 6.07 Å². The number of benzene rings is 1. The summed E-state index contributed by atoms with van der Waals surface area (Å²) in [5.74, 6) is 1.49. The maximum Gasteiger partial charge on any atom is 0.167 e. The number of hydrogen-bond acceptors (Lipinski definition) is 9. The van der Waals surface area contributed by atoms with Crippen LogP contribution in [0.25, 0.3) is 11.2 Å². The van der Waals surface area contributed by atoms with Crippen LogP contribution in [-0.4, -0.2) is 68.9 Å². The maximum atomic E-state index is 10.4. The molecular weight excluding hydrogens is 402 g/mol. The molecule has 10 heteroatoms. The van der Waals surface area contributed by atoms with Gasteiger partial charge in [0.1, 0.15) is 30.4 Å². The van der Waals surface area contributed by atoms with Crippen molar-refractivity contribution in [2.75, 3.05) is 26.1 Å². The second kappa shape index (κ2) is 8.04. The van der Waals surface area contributed by atoms with Gasteiger partial charge < -0.3 is 29.7 Å². The lowest BCUT2D eigenvalue weighted by atomic mass is 10.1. The molecular formula is C21H25N5O5. The van der Waals surface area contributed by atoms with Crippen LogP contribution in [0.3, 0.4) is 0 Å². The van der Waals surface area contributed by atoms with Crippen LogP contribution in [-0.2, 0) is 15.9 Å². The number of aromatic nitrogens is 4. The van der Waals surface area contributed by atoms with Crippen LogP contribution in [0.2, 0.25) is 0 Å². The molecule has 3 aromatic rings. The van der Waals surface area contributed by atoms with Crippen LogP contribution in [0, 0.1) is 0 Å². The summed E-state index contributed by atoms with van der Waals surface area (Å²) < 4.78 is 18.3. The Morgan fingerprint density at radius 3 is 2.90 bits per heavy atom. The minimum absolute atomic E-state index is 0.110. The van der Waals surface area contributed by atoms with Crippen LogP contribution in [0.15, 0.2) is 30.9 Å². The largest absolute Gasteiger partial charge is 0.497 e. The van der Waals surface area contributed by atoms with Gasteiger partial charge in [0, 0.05) is 7.11 Å². The van der Waals surface area contributed by atoms with Gasteiger partial charge in [-0.2, -0.15) is 0 Å². The first-order valence-electron chi connectivity index (χ1n) is 10.2. The predicted molar refractivity (Wildman–Crippen MR) is 111 cm³/mol. The van der Waals surface area contributed by atoms with Gasteiger partial charge in [0.2, 0.25) is 0 Å². The van der Waals surface area contributed by atoms with Gasteiger partial charge in [0.15, 0.2) is 23.2 Å². The van der Waals surface area contributed by atoms with Crippen molar-refractivity contribution >= 4 is 17.0 Å². The summed E-state index contributed by atoms with van der Waals surface area (Å²) >= 11 is 0. The number of rotatable bonds is 6. The van der Waals surface area contributed by atoms with Crippen molar-refractivity contribution in [2.45, 2.75) is 43.4 Å².